The maximum absolute atomic E-state index is 11.8. The molecule has 0 radical (unpaired) electrons. The maximum Gasteiger partial charge on any atom is 0.237 e. The molecule has 1 amide bonds. The Kier molecular flexibility index (Phi) is 11.4. The van der Waals surface area contributed by atoms with Gasteiger partial charge in [0.05, 0.1) is 12.1 Å². The molecule has 0 fully saturated rings. The van der Waals surface area contributed by atoms with Gasteiger partial charge in [-0.3, -0.25) is 4.79 Å². The van der Waals surface area contributed by atoms with Crippen LogP contribution in [-0.4, -0.2) is 37.5 Å². The van der Waals surface area contributed by atoms with Crippen molar-refractivity contribution in [1.29, 1.82) is 0 Å². The van der Waals surface area contributed by atoms with Crippen LogP contribution in [0.4, 0.5) is 0 Å². The van der Waals surface area contributed by atoms with Crippen molar-refractivity contribution in [1.82, 2.24) is 10.2 Å². The molecule has 0 aromatic carbocycles. The number of carbonyl (C=O) groups excluding carboxylic acids is 1. The van der Waals surface area contributed by atoms with Crippen LogP contribution in [0.25, 0.3) is 0 Å². The molecule has 0 bridgehead atoms. The highest BCUT2D eigenvalue weighted by Crippen LogP contribution is 2.22. The number of halogens is 2. The molecule has 1 aromatic heterocycles. The number of amides is 1. The molecule has 4 nitrogen and oxygen atoms in total. The van der Waals surface area contributed by atoms with Gasteiger partial charge in [-0.05, 0) is 31.5 Å². The van der Waals surface area contributed by atoms with E-state index in [-0.39, 0.29) is 42.7 Å². The summed E-state index contributed by atoms with van der Waals surface area (Å²) in [5.41, 5.74) is 5.82. The molecule has 1 unspecified atom stereocenters. The minimum absolute atomic E-state index is 0. The lowest BCUT2D eigenvalue weighted by Gasteiger charge is -2.25. The molecule has 0 aliphatic heterocycles. The fraction of sp³-hybridized carbons (Fsp3) is 0.615. The number of nitrogens with zero attached hydrogens (tertiary/aromatic N) is 1. The maximum atomic E-state index is 11.8. The zero-order valence-corrected chi connectivity index (χ0v) is 14.8. The van der Waals surface area contributed by atoms with Crippen molar-refractivity contribution in [2.45, 2.75) is 25.9 Å². The van der Waals surface area contributed by atoms with Gasteiger partial charge in [-0.15, -0.1) is 36.2 Å². The van der Waals surface area contributed by atoms with Crippen LogP contribution in [0.15, 0.2) is 17.5 Å². The fourth-order valence-electron chi connectivity index (χ4n) is 1.64. The average Bonchev–Trinajstić information content (AvgIpc) is 2.81. The predicted octanol–water partition coefficient (Wildman–Crippen LogP) is 2.29. The van der Waals surface area contributed by atoms with Crippen molar-refractivity contribution >= 4 is 42.1 Å². The van der Waals surface area contributed by atoms with Crippen LogP contribution in [0.2, 0.25) is 0 Å². The first kappa shape index (κ1) is 22.0. The Morgan fingerprint density at radius 3 is 2.40 bits per heavy atom. The fourth-order valence-corrected chi connectivity index (χ4v) is 2.56. The highest BCUT2D eigenvalue weighted by atomic mass is 35.5. The van der Waals surface area contributed by atoms with Gasteiger partial charge in [0.1, 0.15) is 0 Å². The number of nitrogens with two attached hydrogens (primary N) is 1. The van der Waals surface area contributed by atoms with Gasteiger partial charge in [-0.1, -0.05) is 19.9 Å². The highest BCUT2D eigenvalue weighted by Gasteiger charge is 2.20. The molecule has 2 atom stereocenters. The predicted molar refractivity (Wildman–Crippen MR) is 91.1 cm³/mol. The smallest absolute Gasteiger partial charge is 0.237 e. The van der Waals surface area contributed by atoms with E-state index < -0.39 is 6.04 Å². The van der Waals surface area contributed by atoms with Crippen LogP contribution >= 0.6 is 36.2 Å². The number of carbonyl (C=O) groups is 1. The Balaban J connectivity index is 0. The third kappa shape index (κ3) is 6.41. The van der Waals surface area contributed by atoms with Crippen LogP contribution in [0.1, 0.15) is 24.8 Å². The standard InChI is InChI=1S/C13H23N3OS.2ClH/c1-9(2)12(14)13(17)15-8-10(16(3)4)11-6-5-7-18-11;;/h5-7,9-10,12H,8,14H2,1-4H3,(H,15,17);2*1H/t10?,12-;;/m1../s1. The zero-order valence-electron chi connectivity index (χ0n) is 12.3. The van der Waals surface area contributed by atoms with Gasteiger partial charge in [0.25, 0.3) is 0 Å². The molecular formula is C13H25Cl2N3OS. The normalized spacial score (nSPS) is 13.3. The quantitative estimate of drug-likeness (QED) is 0.834. The van der Waals surface area contributed by atoms with E-state index in [2.05, 4.69) is 16.3 Å². The Labute approximate surface area is 137 Å². The van der Waals surface area contributed by atoms with Gasteiger partial charge >= 0.3 is 0 Å². The first-order valence-electron chi connectivity index (χ1n) is 6.16. The Hall–Kier alpha value is -0.330. The lowest BCUT2D eigenvalue weighted by atomic mass is 10.0. The van der Waals surface area contributed by atoms with Crippen LogP contribution in [0.3, 0.4) is 0 Å². The summed E-state index contributed by atoms with van der Waals surface area (Å²) in [4.78, 5) is 15.2. The summed E-state index contributed by atoms with van der Waals surface area (Å²) >= 11 is 1.70. The van der Waals surface area contributed by atoms with Crippen molar-refractivity contribution in [2.75, 3.05) is 20.6 Å². The van der Waals surface area contributed by atoms with E-state index in [4.69, 9.17) is 5.73 Å². The summed E-state index contributed by atoms with van der Waals surface area (Å²) in [6.07, 6.45) is 0. The first-order chi connectivity index (χ1) is 8.43. The Morgan fingerprint density at radius 2 is 2.00 bits per heavy atom. The highest BCUT2D eigenvalue weighted by molar-refractivity contribution is 7.10. The lowest BCUT2D eigenvalue weighted by Crippen LogP contribution is -2.46. The van der Waals surface area contributed by atoms with Gasteiger partial charge < -0.3 is 16.0 Å². The molecule has 1 heterocycles. The summed E-state index contributed by atoms with van der Waals surface area (Å²) < 4.78 is 0. The minimum Gasteiger partial charge on any atom is -0.353 e. The number of likely N-dealkylation sites (N-methyl/N-ethyl adjacent to an activating group) is 1. The second kappa shape index (κ2) is 10.4. The molecule has 0 saturated carbocycles. The zero-order chi connectivity index (χ0) is 13.7. The van der Waals surface area contributed by atoms with Crippen LogP contribution in [0.5, 0.6) is 0 Å². The summed E-state index contributed by atoms with van der Waals surface area (Å²) in [6, 6.07) is 3.88. The van der Waals surface area contributed by atoms with E-state index in [0.717, 1.165) is 0 Å². The van der Waals surface area contributed by atoms with Crippen molar-refractivity contribution in [3.63, 3.8) is 0 Å². The van der Waals surface area contributed by atoms with Gasteiger partial charge in [0.15, 0.2) is 0 Å². The molecule has 1 rings (SSSR count). The molecule has 118 valence electrons. The Bertz CT molecular complexity index is 372. The summed E-state index contributed by atoms with van der Waals surface area (Å²) in [6.45, 7) is 4.49. The number of hydrogen-bond donors (Lipinski definition) is 2. The van der Waals surface area contributed by atoms with Gasteiger partial charge in [-0.2, -0.15) is 0 Å². The molecule has 0 spiro atoms. The SMILES string of the molecule is CC(C)[C@@H](N)C(=O)NCC(c1cccs1)N(C)C.Cl.Cl. The van der Waals surface area contributed by atoms with E-state index in [0.29, 0.717) is 6.54 Å². The molecule has 7 heteroatoms. The first-order valence-corrected chi connectivity index (χ1v) is 7.04. The van der Waals surface area contributed by atoms with Crippen LogP contribution in [0, 0.1) is 5.92 Å². The molecular weight excluding hydrogens is 317 g/mol. The summed E-state index contributed by atoms with van der Waals surface area (Å²) in [5, 5.41) is 4.98. The van der Waals surface area contributed by atoms with Crippen LogP contribution < -0.4 is 11.1 Å². The second-order valence-electron chi connectivity index (χ2n) is 5.01. The second-order valence-corrected chi connectivity index (χ2v) is 5.99. The summed E-state index contributed by atoms with van der Waals surface area (Å²) in [7, 11) is 4.03. The third-order valence-corrected chi connectivity index (χ3v) is 3.96. The Morgan fingerprint density at radius 1 is 1.40 bits per heavy atom. The monoisotopic (exact) mass is 341 g/mol. The molecule has 0 saturated heterocycles. The van der Waals surface area contributed by atoms with Crippen molar-refractivity contribution in [3.8, 4) is 0 Å². The van der Waals surface area contributed by atoms with E-state index in [1.807, 2.05) is 39.4 Å². The molecule has 20 heavy (non-hydrogen) atoms. The third-order valence-electron chi connectivity index (χ3n) is 2.99. The van der Waals surface area contributed by atoms with E-state index in [1.165, 1.54) is 4.88 Å². The van der Waals surface area contributed by atoms with Crippen molar-refractivity contribution < 1.29 is 4.79 Å². The summed E-state index contributed by atoms with van der Waals surface area (Å²) in [5.74, 6) is 0.0814. The molecule has 0 aliphatic rings. The lowest BCUT2D eigenvalue weighted by molar-refractivity contribution is -0.123. The average molecular weight is 342 g/mol. The van der Waals surface area contributed by atoms with Crippen molar-refractivity contribution in [2.24, 2.45) is 11.7 Å². The van der Waals surface area contributed by atoms with Gasteiger partial charge in [0, 0.05) is 11.4 Å². The van der Waals surface area contributed by atoms with E-state index in [1.54, 1.807) is 11.3 Å². The molecule has 1 aromatic rings. The topological polar surface area (TPSA) is 58.4 Å². The number of rotatable bonds is 6. The number of hydrogen-bond acceptors (Lipinski definition) is 4. The van der Waals surface area contributed by atoms with Gasteiger partial charge in [0.2, 0.25) is 5.91 Å². The number of thiophene rings is 1. The molecule has 0 aliphatic carbocycles. The minimum atomic E-state index is -0.434. The van der Waals surface area contributed by atoms with E-state index in [9.17, 15) is 4.79 Å². The van der Waals surface area contributed by atoms with E-state index >= 15 is 0 Å². The van der Waals surface area contributed by atoms with Crippen molar-refractivity contribution in [3.05, 3.63) is 22.4 Å². The van der Waals surface area contributed by atoms with Gasteiger partial charge in [-0.25, -0.2) is 0 Å². The molecule has 3 N–H and O–H groups in total. The largest absolute Gasteiger partial charge is 0.353 e. The number of nitrogens with one attached hydrogen (secondary N) is 1. The van der Waals surface area contributed by atoms with Crippen LogP contribution in [-0.2, 0) is 4.79 Å².